The molecular formula is C19H13F2N5O. The van der Waals surface area contributed by atoms with Crippen LogP contribution in [0.3, 0.4) is 0 Å². The zero-order chi connectivity index (χ0) is 18.8. The number of nitrogens with one attached hydrogen (secondary N) is 1. The molecule has 1 aromatic heterocycles. The summed E-state index contributed by atoms with van der Waals surface area (Å²) in [5.74, 6) is -1.97. The Kier molecular flexibility index (Phi) is 4.29. The van der Waals surface area contributed by atoms with Crippen molar-refractivity contribution in [2.75, 3.05) is 0 Å². The standard InChI is InChI=1S/C19H13F2N5O/c20-16-9-8-13(10-17(16)21)26-18(23-24-25-26)11-22-19(27)15-7-3-5-12-4-1-2-6-14(12)15/h1-10H,11H2,(H,22,27). The summed E-state index contributed by atoms with van der Waals surface area (Å²) in [4.78, 5) is 12.6. The molecule has 0 radical (unpaired) electrons. The molecule has 0 aliphatic heterocycles. The van der Waals surface area contributed by atoms with Crippen molar-refractivity contribution in [1.29, 1.82) is 0 Å². The number of carbonyl (C=O) groups is 1. The number of nitrogens with zero attached hydrogens (tertiary/aromatic N) is 4. The normalized spacial score (nSPS) is 10.9. The molecule has 0 unspecified atom stereocenters. The minimum Gasteiger partial charge on any atom is -0.345 e. The van der Waals surface area contributed by atoms with Crippen LogP contribution in [0.25, 0.3) is 16.5 Å². The second-order valence-electron chi connectivity index (χ2n) is 5.81. The van der Waals surface area contributed by atoms with Gasteiger partial charge in [-0.15, -0.1) is 5.10 Å². The smallest absolute Gasteiger partial charge is 0.252 e. The zero-order valence-corrected chi connectivity index (χ0v) is 13.9. The number of aromatic nitrogens is 4. The molecule has 0 saturated carbocycles. The number of hydrogen-bond acceptors (Lipinski definition) is 4. The minimum absolute atomic E-state index is 0.0219. The first-order valence-electron chi connectivity index (χ1n) is 8.12. The largest absolute Gasteiger partial charge is 0.345 e. The second-order valence-corrected chi connectivity index (χ2v) is 5.81. The Morgan fingerprint density at radius 3 is 2.67 bits per heavy atom. The van der Waals surface area contributed by atoms with Crippen LogP contribution in [-0.4, -0.2) is 26.1 Å². The molecule has 0 spiro atoms. The first-order chi connectivity index (χ1) is 13.1. The fourth-order valence-electron chi connectivity index (χ4n) is 2.81. The van der Waals surface area contributed by atoms with E-state index in [1.807, 2.05) is 36.4 Å². The topological polar surface area (TPSA) is 72.7 Å². The molecule has 8 heteroatoms. The summed E-state index contributed by atoms with van der Waals surface area (Å²) < 4.78 is 27.8. The highest BCUT2D eigenvalue weighted by atomic mass is 19.2. The van der Waals surface area contributed by atoms with E-state index < -0.39 is 11.6 Å². The van der Waals surface area contributed by atoms with Gasteiger partial charge in [0.2, 0.25) is 0 Å². The number of hydrogen-bond donors (Lipinski definition) is 1. The van der Waals surface area contributed by atoms with Crippen LogP contribution < -0.4 is 5.32 Å². The third-order valence-electron chi connectivity index (χ3n) is 4.12. The second kappa shape index (κ2) is 6.91. The SMILES string of the molecule is O=C(NCc1nnnn1-c1ccc(F)c(F)c1)c1cccc2ccccc12. The van der Waals surface area contributed by atoms with Crippen molar-refractivity contribution >= 4 is 16.7 Å². The molecular weight excluding hydrogens is 352 g/mol. The predicted octanol–water partition coefficient (Wildman–Crippen LogP) is 3.02. The van der Waals surface area contributed by atoms with Gasteiger partial charge in [0.25, 0.3) is 5.91 Å². The van der Waals surface area contributed by atoms with Crippen molar-refractivity contribution in [3.63, 3.8) is 0 Å². The fourth-order valence-corrected chi connectivity index (χ4v) is 2.81. The van der Waals surface area contributed by atoms with E-state index in [4.69, 9.17) is 0 Å². The molecule has 4 aromatic rings. The maximum absolute atomic E-state index is 13.5. The lowest BCUT2D eigenvalue weighted by molar-refractivity contribution is 0.0951. The lowest BCUT2D eigenvalue weighted by Crippen LogP contribution is -2.25. The molecule has 4 rings (SSSR count). The molecule has 27 heavy (non-hydrogen) atoms. The first-order valence-corrected chi connectivity index (χ1v) is 8.12. The fraction of sp³-hybridized carbons (Fsp3) is 0.0526. The molecule has 0 bridgehead atoms. The highest BCUT2D eigenvalue weighted by Crippen LogP contribution is 2.18. The van der Waals surface area contributed by atoms with Gasteiger partial charge in [-0.05, 0) is 39.4 Å². The molecule has 1 N–H and O–H groups in total. The van der Waals surface area contributed by atoms with Gasteiger partial charge in [-0.2, -0.15) is 4.68 Å². The van der Waals surface area contributed by atoms with E-state index >= 15 is 0 Å². The Bertz CT molecular complexity index is 1140. The number of carbonyl (C=O) groups excluding carboxylic acids is 1. The Labute approximate surface area is 152 Å². The van der Waals surface area contributed by atoms with Crippen LogP contribution in [0.4, 0.5) is 8.78 Å². The zero-order valence-electron chi connectivity index (χ0n) is 13.9. The average Bonchev–Trinajstić information content (AvgIpc) is 3.16. The molecule has 0 atom stereocenters. The Morgan fingerprint density at radius 2 is 1.81 bits per heavy atom. The van der Waals surface area contributed by atoms with Gasteiger partial charge in [0, 0.05) is 11.6 Å². The summed E-state index contributed by atoms with van der Waals surface area (Å²) in [7, 11) is 0. The highest BCUT2D eigenvalue weighted by Gasteiger charge is 2.14. The first kappa shape index (κ1) is 16.8. The van der Waals surface area contributed by atoms with Crippen molar-refractivity contribution < 1.29 is 13.6 Å². The number of tetrazole rings is 1. The number of fused-ring (bicyclic) bond motifs is 1. The van der Waals surface area contributed by atoms with E-state index in [0.29, 0.717) is 5.56 Å². The number of benzene rings is 3. The molecule has 6 nitrogen and oxygen atoms in total. The van der Waals surface area contributed by atoms with E-state index in [2.05, 4.69) is 20.8 Å². The Hall–Kier alpha value is -3.68. The van der Waals surface area contributed by atoms with E-state index in [9.17, 15) is 13.6 Å². The monoisotopic (exact) mass is 365 g/mol. The lowest BCUT2D eigenvalue weighted by atomic mass is 10.0. The predicted molar refractivity (Wildman–Crippen MR) is 94.2 cm³/mol. The van der Waals surface area contributed by atoms with Crippen LogP contribution in [0.15, 0.2) is 60.7 Å². The molecule has 134 valence electrons. The van der Waals surface area contributed by atoms with Crippen molar-refractivity contribution in [2.24, 2.45) is 0 Å². The van der Waals surface area contributed by atoms with Gasteiger partial charge in [-0.25, -0.2) is 8.78 Å². The summed E-state index contributed by atoms with van der Waals surface area (Å²) in [6, 6.07) is 16.4. The van der Waals surface area contributed by atoms with Gasteiger partial charge >= 0.3 is 0 Å². The maximum Gasteiger partial charge on any atom is 0.252 e. The lowest BCUT2D eigenvalue weighted by Gasteiger charge is -2.09. The summed E-state index contributed by atoms with van der Waals surface area (Å²) in [6.07, 6.45) is 0. The van der Waals surface area contributed by atoms with Gasteiger partial charge < -0.3 is 5.32 Å². The van der Waals surface area contributed by atoms with Crippen LogP contribution in [0.5, 0.6) is 0 Å². The summed E-state index contributed by atoms with van der Waals surface area (Å²) in [5, 5.41) is 15.7. The third kappa shape index (κ3) is 3.24. The van der Waals surface area contributed by atoms with Crippen LogP contribution in [-0.2, 0) is 6.54 Å². The van der Waals surface area contributed by atoms with E-state index in [-0.39, 0.29) is 24.0 Å². The van der Waals surface area contributed by atoms with Gasteiger partial charge in [0.15, 0.2) is 17.5 Å². The van der Waals surface area contributed by atoms with Gasteiger partial charge in [0.1, 0.15) is 0 Å². The van der Waals surface area contributed by atoms with Crippen LogP contribution in [0.2, 0.25) is 0 Å². The van der Waals surface area contributed by atoms with E-state index in [1.165, 1.54) is 10.7 Å². The van der Waals surface area contributed by atoms with Gasteiger partial charge in [0.05, 0.1) is 12.2 Å². The van der Waals surface area contributed by atoms with Gasteiger partial charge in [-0.1, -0.05) is 36.4 Å². The van der Waals surface area contributed by atoms with Crippen LogP contribution >= 0.6 is 0 Å². The molecule has 0 aliphatic carbocycles. The quantitative estimate of drug-likeness (QED) is 0.603. The van der Waals surface area contributed by atoms with Crippen molar-refractivity contribution in [1.82, 2.24) is 25.5 Å². The molecule has 1 heterocycles. The summed E-state index contributed by atoms with van der Waals surface area (Å²) >= 11 is 0. The van der Waals surface area contributed by atoms with Crippen molar-refractivity contribution in [3.8, 4) is 5.69 Å². The third-order valence-corrected chi connectivity index (χ3v) is 4.12. The van der Waals surface area contributed by atoms with Gasteiger partial charge in [-0.3, -0.25) is 4.79 Å². The maximum atomic E-state index is 13.5. The number of rotatable bonds is 4. The molecule has 0 aliphatic rings. The average molecular weight is 365 g/mol. The van der Waals surface area contributed by atoms with Crippen molar-refractivity contribution in [2.45, 2.75) is 6.54 Å². The Balaban J connectivity index is 1.57. The number of halogens is 2. The molecule has 1 amide bonds. The Morgan fingerprint density at radius 1 is 1.00 bits per heavy atom. The molecule has 0 saturated heterocycles. The van der Waals surface area contributed by atoms with E-state index in [1.54, 1.807) is 6.07 Å². The summed E-state index contributed by atoms with van der Waals surface area (Å²) in [6.45, 7) is 0.0219. The minimum atomic E-state index is -1.01. The highest BCUT2D eigenvalue weighted by molar-refractivity contribution is 6.06. The van der Waals surface area contributed by atoms with E-state index in [0.717, 1.165) is 22.9 Å². The molecule has 3 aromatic carbocycles. The summed E-state index contributed by atoms with van der Waals surface area (Å²) in [5.41, 5.74) is 0.785. The molecule has 0 fully saturated rings. The van der Waals surface area contributed by atoms with Crippen molar-refractivity contribution in [3.05, 3.63) is 83.7 Å². The van der Waals surface area contributed by atoms with Crippen LogP contribution in [0.1, 0.15) is 16.2 Å². The van der Waals surface area contributed by atoms with Crippen LogP contribution in [0, 0.1) is 11.6 Å². The number of amides is 1.